The number of sulfonamides is 1. The van der Waals surface area contributed by atoms with Gasteiger partial charge >= 0.3 is 0 Å². The zero-order chi connectivity index (χ0) is 18.0. The topological polar surface area (TPSA) is 55.8 Å². The van der Waals surface area contributed by atoms with Crippen molar-refractivity contribution in [1.29, 1.82) is 0 Å². The van der Waals surface area contributed by atoms with E-state index in [1.165, 1.54) is 16.4 Å². The molecule has 1 unspecified atom stereocenters. The van der Waals surface area contributed by atoms with E-state index < -0.39 is 10.0 Å². The van der Waals surface area contributed by atoms with Crippen molar-refractivity contribution < 1.29 is 17.9 Å². The number of rotatable bonds is 5. The van der Waals surface area contributed by atoms with Crippen LogP contribution in [0.5, 0.6) is 11.5 Å². The molecule has 0 amide bonds. The number of nitrogens with zero attached hydrogens (tertiary/aromatic N) is 1. The van der Waals surface area contributed by atoms with Crippen molar-refractivity contribution >= 4 is 33.4 Å². The van der Waals surface area contributed by atoms with Gasteiger partial charge in [-0.05, 0) is 42.0 Å². The van der Waals surface area contributed by atoms with Crippen molar-refractivity contribution in [2.75, 3.05) is 26.5 Å². The fourth-order valence-electron chi connectivity index (χ4n) is 2.71. The lowest BCUT2D eigenvalue weighted by Crippen LogP contribution is -2.30. The van der Waals surface area contributed by atoms with Gasteiger partial charge in [-0.3, -0.25) is 0 Å². The molecule has 134 valence electrons. The highest BCUT2D eigenvalue weighted by Gasteiger charge is 2.37. The Hall–Kier alpha value is -1.41. The maximum absolute atomic E-state index is 13.0. The van der Waals surface area contributed by atoms with E-state index in [1.54, 1.807) is 44.2 Å². The van der Waals surface area contributed by atoms with Gasteiger partial charge in [-0.15, -0.1) is 11.8 Å². The van der Waals surface area contributed by atoms with Gasteiger partial charge in [0.05, 0.1) is 24.5 Å². The minimum absolute atomic E-state index is 0.241. The second-order valence-corrected chi connectivity index (χ2v) is 8.92. The van der Waals surface area contributed by atoms with E-state index in [2.05, 4.69) is 0 Å². The first-order chi connectivity index (χ1) is 12.0. The van der Waals surface area contributed by atoms with E-state index in [-0.39, 0.29) is 10.3 Å². The van der Waals surface area contributed by atoms with Gasteiger partial charge in [0.25, 0.3) is 0 Å². The smallest absolute Gasteiger partial charge is 0.244 e. The summed E-state index contributed by atoms with van der Waals surface area (Å²) in [5.74, 6) is 1.92. The van der Waals surface area contributed by atoms with Gasteiger partial charge in [0.1, 0.15) is 0 Å². The lowest BCUT2D eigenvalue weighted by Gasteiger charge is -2.24. The molecule has 0 bridgehead atoms. The zero-order valence-electron chi connectivity index (χ0n) is 13.8. The van der Waals surface area contributed by atoms with Crippen LogP contribution in [0.3, 0.4) is 0 Å². The summed E-state index contributed by atoms with van der Waals surface area (Å²) in [7, 11) is -0.476. The van der Waals surface area contributed by atoms with Crippen LogP contribution < -0.4 is 9.47 Å². The summed E-state index contributed by atoms with van der Waals surface area (Å²) in [5, 5.41) is 0.201. The fourth-order valence-corrected chi connectivity index (χ4v) is 6.07. The van der Waals surface area contributed by atoms with Crippen LogP contribution in [-0.4, -0.2) is 39.2 Å². The Kier molecular flexibility index (Phi) is 5.48. The minimum atomic E-state index is -3.61. The molecular weight excluding hydrogens is 382 g/mol. The van der Waals surface area contributed by atoms with Gasteiger partial charge in [-0.1, -0.05) is 17.7 Å². The molecule has 2 aromatic rings. The maximum atomic E-state index is 13.0. The van der Waals surface area contributed by atoms with Crippen LogP contribution in [0.2, 0.25) is 5.02 Å². The monoisotopic (exact) mass is 399 g/mol. The summed E-state index contributed by atoms with van der Waals surface area (Å²) in [6.07, 6.45) is 0. The molecule has 25 heavy (non-hydrogen) atoms. The molecular formula is C17H18ClNO4S2. The number of hydrogen-bond acceptors (Lipinski definition) is 5. The fraction of sp³-hybridized carbons (Fsp3) is 0.294. The van der Waals surface area contributed by atoms with Crippen molar-refractivity contribution in [3.8, 4) is 11.5 Å². The minimum Gasteiger partial charge on any atom is -0.493 e. The first-order valence-corrected chi connectivity index (χ1v) is 10.4. The Morgan fingerprint density at radius 1 is 1.08 bits per heavy atom. The Morgan fingerprint density at radius 2 is 1.76 bits per heavy atom. The van der Waals surface area contributed by atoms with Gasteiger partial charge < -0.3 is 9.47 Å². The molecule has 1 heterocycles. The molecule has 3 rings (SSSR count). The molecule has 0 aromatic heterocycles. The van der Waals surface area contributed by atoms with Gasteiger partial charge in [0.2, 0.25) is 10.0 Å². The number of halogens is 1. The molecule has 1 saturated heterocycles. The Morgan fingerprint density at radius 3 is 2.40 bits per heavy atom. The number of methoxy groups -OCH3 is 2. The molecule has 1 aliphatic rings. The number of hydrogen-bond donors (Lipinski definition) is 0. The van der Waals surface area contributed by atoms with E-state index in [0.717, 1.165) is 11.3 Å². The molecule has 0 aliphatic carbocycles. The molecule has 0 saturated carbocycles. The van der Waals surface area contributed by atoms with Crippen molar-refractivity contribution in [3.63, 3.8) is 0 Å². The highest BCUT2D eigenvalue weighted by atomic mass is 35.5. The Bertz CT molecular complexity index is 855. The quantitative estimate of drug-likeness (QED) is 0.765. The lowest BCUT2D eigenvalue weighted by molar-refractivity contribution is 0.353. The first kappa shape index (κ1) is 18.4. The first-order valence-electron chi connectivity index (χ1n) is 7.58. The van der Waals surface area contributed by atoms with Crippen molar-refractivity contribution in [2.24, 2.45) is 0 Å². The van der Waals surface area contributed by atoms with Gasteiger partial charge in [0, 0.05) is 17.3 Å². The Labute approximate surface area is 156 Å². The third-order valence-corrected chi connectivity index (χ3v) is 7.49. The van der Waals surface area contributed by atoms with Crippen molar-refractivity contribution in [3.05, 3.63) is 53.1 Å². The van der Waals surface area contributed by atoms with Crippen LogP contribution in [0.4, 0.5) is 0 Å². The SMILES string of the molecule is COc1ccc(C2SCCN2S(=O)(=O)c2ccc(Cl)cc2)cc1OC. The van der Waals surface area contributed by atoms with E-state index in [4.69, 9.17) is 21.1 Å². The highest BCUT2D eigenvalue weighted by Crippen LogP contribution is 2.43. The molecule has 0 spiro atoms. The number of ether oxygens (including phenoxy) is 2. The summed E-state index contributed by atoms with van der Waals surface area (Å²) in [6, 6.07) is 11.7. The van der Waals surface area contributed by atoms with Crippen LogP contribution in [-0.2, 0) is 10.0 Å². The second kappa shape index (κ2) is 7.45. The summed E-state index contributed by atoms with van der Waals surface area (Å²) < 4.78 is 38.1. The third kappa shape index (κ3) is 3.60. The van der Waals surface area contributed by atoms with Crippen LogP contribution in [0.15, 0.2) is 47.4 Å². The van der Waals surface area contributed by atoms with E-state index in [9.17, 15) is 8.42 Å². The third-order valence-electron chi connectivity index (χ3n) is 3.96. The predicted octanol–water partition coefficient (Wildman–Crippen LogP) is 3.79. The number of benzene rings is 2. The van der Waals surface area contributed by atoms with Crippen molar-refractivity contribution in [2.45, 2.75) is 10.3 Å². The molecule has 1 fully saturated rings. The molecule has 2 aromatic carbocycles. The van der Waals surface area contributed by atoms with Crippen molar-refractivity contribution in [1.82, 2.24) is 4.31 Å². The average Bonchev–Trinajstić information content (AvgIpc) is 3.12. The van der Waals surface area contributed by atoms with Crippen LogP contribution >= 0.6 is 23.4 Å². The molecule has 1 aliphatic heterocycles. The number of thioether (sulfide) groups is 1. The normalized spacial score (nSPS) is 18.3. The predicted molar refractivity (Wildman–Crippen MR) is 100 cm³/mol. The average molecular weight is 400 g/mol. The molecule has 0 N–H and O–H groups in total. The summed E-state index contributed by atoms with van der Waals surface area (Å²) in [6.45, 7) is 0.453. The van der Waals surface area contributed by atoms with Gasteiger partial charge in [-0.2, -0.15) is 4.31 Å². The van der Waals surface area contributed by atoms with Crippen LogP contribution in [0.25, 0.3) is 0 Å². The van der Waals surface area contributed by atoms with E-state index in [1.807, 2.05) is 12.1 Å². The molecule has 1 atom stereocenters. The maximum Gasteiger partial charge on any atom is 0.244 e. The molecule has 8 heteroatoms. The molecule has 5 nitrogen and oxygen atoms in total. The van der Waals surface area contributed by atoms with E-state index in [0.29, 0.717) is 23.1 Å². The lowest BCUT2D eigenvalue weighted by atomic mass is 10.2. The highest BCUT2D eigenvalue weighted by molar-refractivity contribution is 8.01. The van der Waals surface area contributed by atoms with E-state index >= 15 is 0 Å². The standard InChI is InChI=1S/C17H18ClNO4S2/c1-22-15-8-3-12(11-16(15)23-2)17-19(9-10-24-17)25(20,21)14-6-4-13(18)5-7-14/h3-8,11,17H,9-10H2,1-2H3. The molecule has 0 radical (unpaired) electrons. The largest absolute Gasteiger partial charge is 0.493 e. The Balaban J connectivity index is 1.96. The summed E-state index contributed by atoms with van der Waals surface area (Å²) in [4.78, 5) is 0.241. The van der Waals surface area contributed by atoms with Crippen LogP contribution in [0, 0.1) is 0 Å². The second-order valence-electron chi connectivity index (χ2n) is 5.41. The van der Waals surface area contributed by atoms with Crippen LogP contribution in [0.1, 0.15) is 10.9 Å². The summed E-state index contributed by atoms with van der Waals surface area (Å²) in [5.41, 5.74) is 0.859. The zero-order valence-corrected chi connectivity index (χ0v) is 16.2. The van der Waals surface area contributed by atoms with Gasteiger partial charge in [-0.25, -0.2) is 8.42 Å². The summed E-state index contributed by atoms with van der Waals surface area (Å²) >= 11 is 7.45. The van der Waals surface area contributed by atoms with Gasteiger partial charge in [0.15, 0.2) is 11.5 Å².